The smallest absolute Gasteiger partial charge is 0.209 e. The van der Waals surface area contributed by atoms with Gasteiger partial charge in [0.15, 0.2) is 0 Å². The number of unbranched alkanes of at least 4 members (excludes halogenated alkanes) is 10. The van der Waals surface area contributed by atoms with E-state index >= 15 is 0 Å². The standard InChI is InChI=1S/C17H35NO/c1-3-5-7-9-10-11-12-14-16-18(17-19)15-13-8-6-4-2/h17H,3-16H2,1-2H3. The van der Waals surface area contributed by atoms with Gasteiger partial charge in [-0.3, -0.25) is 4.79 Å². The molecule has 0 heterocycles. The first-order valence-electron chi connectivity index (χ1n) is 8.54. The lowest BCUT2D eigenvalue weighted by Gasteiger charge is -2.16. The van der Waals surface area contributed by atoms with E-state index in [1.165, 1.54) is 77.0 Å². The van der Waals surface area contributed by atoms with E-state index in [4.69, 9.17) is 0 Å². The van der Waals surface area contributed by atoms with Gasteiger partial charge in [-0.25, -0.2) is 0 Å². The zero-order valence-electron chi connectivity index (χ0n) is 13.3. The Balaban J connectivity index is 3.28. The molecule has 0 spiro atoms. The van der Waals surface area contributed by atoms with Crippen LogP contribution in [0.5, 0.6) is 0 Å². The fourth-order valence-corrected chi connectivity index (χ4v) is 2.41. The van der Waals surface area contributed by atoms with Crippen molar-refractivity contribution in [3.63, 3.8) is 0 Å². The molecule has 0 bridgehead atoms. The topological polar surface area (TPSA) is 20.3 Å². The molecule has 0 atom stereocenters. The van der Waals surface area contributed by atoms with Gasteiger partial charge in [0.1, 0.15) is 0 Å². The van der Waals surface area contributed by atoms with Crippen molar-refractivity contribution in [3.05, 3.63) is 0 Å². The zero-order valence-corrected chi connectivity index (χ0v) is 13.3. The summed E-state index contributed by atoms with van der Waals surface area (Å²) in [6.07, 6.45) is 16.7. The van der Waals surface area contributed by atoms with E-state index in [1.807, 2.05) is 4.90 Å². The summed E-state index contributed by atoms with van der Waals surface area (Å²) < 4.78 is 0. The van der Waals surface area contributed by atoms with Crippen LogP contribution in [0.25, 0.3) is 0 Å². The average Bonchev–Trinajstić information content (AvgIpc) is 2.44. The number of hydrogen-bond donors (Lipinski definition) is 0. The van der Waals surface area contributed by atoms with E-state index in [0.717, 1.165) is 19.5 Å². The number of hydrogen-bond acceptors (Lipinski definition) is 1. The lowest BCUT2D eigenvalue weighted by atomic mass is 10.1. The van der Waals surface area contributed by atoms with Gasteiger partial charge in [0.2, 0.25) is 6.41 Å². The van der Waals surface area contributed by atoms with Crippen LogP contribution in [0.2, 0.25) is 0 Å². The summed E-state index contributed by atoms with van der Waals surface area (Å²) in [4.78, 5) is 12.9. The molecular weight excluding hydrogens is 234 g/mol. The Kier molecular flexibility index (Phi) is 15.1. The Bertz CT molecular complexity index is 182. The molecule has 2 nitrogen and oxygen atoms in total. The highest BCUT2D eigenvalue weighted by molar-refractivity contribution is 5.46. The molecule has 0 N–H and O–H groups in total. The summed E-state index contributed by atoms with van der Waals surface area (Å²) in [6, 6.07) is 0. The van der Waals surface area contributed by atoms with Crippen molar-refractivity contribution in [1.29, 1.82) is 0 Å². The highest BCUT2D eigenvalue weighted by Crippen LogP contribution is 2.09. The Labute approximate surface area is 120 Å². The lowest BCUT2D eigenvalue weighted by molar-refractivity contribution is -0.118. The third-order valence-corrected chi connectivity index (χ3v) is 3.75. The average molecular weight is 269 g/mol. The minimum atomic E-state index is 0.958. The maximum atomic E-state index is 10.9. The van der Waals surface area contributed by atoms with E-state index in [9.17, 15) is 4.79 Å². The van der Waals surface area contributed by atoms with E-state index < -0.39 is 0 Å². The van der Waals surface area contributed by atoms with Gasteiger partial charge in [0.05, 0.1) is 0 Å². The molecule has 1 amide bonds. The minimum Gasteiger partial charge on any atom is -0.345 e. The molecule has 0 aromatic carbocycles. The van der Waals surface area contributed by atoms with Crippen LogP contribution in [-0.2, 0) is 4.79 Å². The van der Waals surface area contributed by atoms with Gasteiger partial charge in [-0.05, 0) is 12.8 Å². The number of carbonyl (C=O) groups is 1. The van der Waals surface area contributed by atoms with E-state index in [1.54, 1.807) is 0 Å². The quantitative estimate of drug-likeness (QED) is 0.297. The second kappa shape index (κ2) is 15.5. The van der Waals surface area contributed by atoms with E-state index in [0.29, 0.717) is 0 Å². The molecule has 0 fully saturated rings. The summed E-state index contributed by atoms with van der Waals surface area (Å²) >= 11 is 0. The predicted octanol–water partition coefficient (Wildman–Crippen LogP) is 5.17. The Morgan fingerprint density at radius 1 is 0.632 bits per heavy atom. The SMILES string of the molecule is CCCCCCCCCCN(C=O)CCCCCC. The summed E-state index contributed by atoms with van der Waals surface area (Å²) in [5.41, 5.74) is 0. The molecular formula is C17H35NO. The molecule has 0 aromatic rings. The second-order valence-electron chi connectivity index (χ2n) is 5.68. The molecule has 0 rings (SSSR count). The summed E-state index contributed by atoms with van der Waals surface area (Å²) in [6.45, 7) is 6.40. The van der Waals surface area contributed by atoms with Gasteiger partial charge < -0.3 is 4.90 Å². The van der Waals surface area contributed by atoms with Crippen molar-refractivity contribution in [1.82, 2.24) is 4.90 Å². The summed E-state index contributed by atoms with van der Waals surface area (Å²) in [5.74, 6) is 0. The highest BCUT2D eigenvalue weighted by Gasteiger charge is 2.00. The molecule has 0 saturated heterocycles. The number of amides is 1. The minimum absolute atomic E-state index is 0.958. The first-order chi connectivity index (χ1) is 9.35. The summed E-state index contributed by atoms with van der Waals surface area (Å²) in [5, 5.41) is 0. The molecule has 19 heavy (non-hydrogen) atoms. The lowest BCUT2D eigenvalue weighted by Crippen LogP contribution is -2.24. The number of nitrogens with zero attached hydrogens (tertiary/aromatic N) is 1. The monoisotopic (exact) mass is 269 g/mol. The fraction of sp³-hybridized carbons (Fsp3) is 0.941. The molecule has 0 aromatic heterocycles. The van der Waals surface area contributed by atoms with Crippen molar-refractivity contribution < 1.29 is 4.79 Å². The third-order valence-electron chi connectivity index (χ3n) is 3.75. The van der Waals surface area contributed by atoms with E-state index in [-0.39, 0.29) is 0 Å². The van der Waals surface area contributed by atoms with Crippen LogP contribution in [0, 0.1) is 0 Å². The van der Waals surface area contributed by atoms with Crippen LogP contribution in [0.3, 0.4) is 0 Å². The Morgan fingerprint density at radius 3 is 1.42 bits per heavy atom. The molecule has 2 heteroatoms. The molecule has 0 saturated carbocycles. The maximum absolute atomic E-state index is 10.9. The zero-order chi connectivity index (χ0) is 14.2. The van der Waals surface area contributed by atoms with Crippen molar-refractivity contribution >= 4 is 6.41 Å². The van der Waals surface area contributed by atoms with Gasteiger partial charge >= 0.3 is 0 Å². The normalized spacial score (nSPS) is 10.6. The molecule has 0 aliphatic rings. The van der Waals surface area contributed by atoms with Crippen LogP contribution >= 0.6 is 0 Å². The van der Waals surface area contributed by atoms with Gasteiger partial charge in [0, 0.05) is 13.1 Å². The van der Waals surface area contributed by atoms with Crippen LogP contribution < -0.4 is 0 Å². The first-order valence-corrected chi connectivity index (χ1v) is 8.54. The molecule has 0 unspecified atom stereocenters. The third kappa shape index (κ3) is 13.7. The Morgan fingerprint density at radius 2 is 1.00 bits per heavy atom. The van der Waals surface area contributed by atoms with Crippen molar-refractivity contribution in [2.75, 3.05) is 13.1 Å². The number of rotatable bonds is 15. The summed E-state index contributed by atoms with van der Waals surface area (Å²) in [7, 11) is 0. The van der Waals surface area contributed by atoms with Crippen molar-refractivity contribution in [2.45, 2.75) is 90.9 Å². The van der Waals surface area contributed by atoms with Gasteiger partial charge in [-0.15, -0.1) is 0 Å². The van der Waals surface area contributed by atoms with Crippen molar-refractivity contribution in [2.24, 2.45) is 0 Å². The highest BCUT2D eigenvalue weighted by atomic mass is 16.1. The van der Waals surface area contributed by atoms with Crippen LogP contribution in [-0.4, -0.2) is 24.4 Å². The van der Waals surface area contributed by atoms with Crippen molar-refractivity contribution in [3.8, 4) is 0 Å². The van der Waals surface area contributed by atoms with Crippen LogP contribution in [0.15, 0.2) is 0 Å². The first kappa shape index (κ1) is 18.5. The van der Waals surface area contributed by atoms with E-state index in [2.05, 4.69) is 13.8 Å². The van der Waals surface area contributed by atoms with Gasteiger partial charge in [-0.2, -0.15) is 0 Å². The van der Waals surface area contributed by atoms with Gasteiger partial charge in [0.25, 0.3) is 0 Å². The molecule has 114 valence electrons. The molecule has 0 radical (unpaired) electrons. The Hall–Kier alpha value is -0.530. The maximum Gasteiger partial charge on any atom is 0.209 e. The fourth-order valence-electron chi connectivity index (χ4n) is 2.41. The largest absolute Gasteiger partial charge is 0.345 e. The predicted molar refractivity (Wildman–Crippen MR) is 84.4 cm³/mol. The van der Waals surface area contributed by atoms with Crippen LogP contribution in [0.4, 0.5) is 0 Å². The second-order valence-corrected chi connectivity index (χ2v) is 5.68. The number of carbonyl (C=O) groups excluding carboxylic acids is 1. The molecule has 0 aliphatic carbocycles. The van der Waals surface area contributed by atoms with Gasteiger partial charge in [-0.1, -0.05) is 78.1 Å². The molecule has 0 aliphatic heterocycles. The van der Waals surface area contributed by atoms with Crippen LogP contribution in [0.1, 0.15) is 90.9 Å².